The summed E-state index contributed by atoms with van der Waals surface area (Å²) in [6, 6.07) is 13.4. The second-order valence-corrected chi connectivity index (χ2v) is 6.51. The average molecular weight is 364 g/mol. The van der Waals surface area contributed by atoms with Gasteiger partial charge >= 0.3 is 0 Å². The van der Waals surface area contributed by atoms with E-state index in [0.29, 0.717) is 6.04 Å². The maximum Gasteiger partial charge on any atom is 0.133 e. The van der Waals surface area contributed by atoms with Crippen LogP contribution in [0.25, 0.3) is 0 Å². The molecule has 3 rings (SSSR count). The lowest BCUT2D eigenvalue weighted by atomic mass is 10.0. The molecular weight excluding hydrogens is 345 g/mol. The Labute approximate surface area is 139 Å². The van der Waals surface area contributed by atoms with E-state index < -0.39 is 0 Å². The summed E-state index contributed by atoms with van der Waals surface area (Å²) in [6.07, 6.45) is 2.24. The fourth-order valence-corrected chi connectivity index (χ4v) is 3.74. The fraction of sp³-hybridized carbons (Fsp3) is 0.333. The summed E-state index contributed by atoms with van der Waals surface area (Å²) in [4.78, 5) is 2.42. The van der Waals surface area contributed by atoms with Crippen molar-refractivity contribution in [2.24, 2.45) is 0 Å². The summed E-state index contributed by atoms with van der Waals surface area (Å²) >= 11 is 3.53. The molecule has 2 aromatic carbocycles. The third kappa shape index (κ3) is 3.33. The minimum Gasteiger partial charge on any atom is -0.496 e. The van der Waals surface area contributed by atoms with E-state index in [-0.39, 0.29) is 5.82 Å². The third-order valence-corrected chi connectivity index (χ3v) is 4.82. The highest BCUT2D eigenvalue weighted by Crippen LogP contribution is 2.34. The Balaban J connectivity index is 1.78. The zero-order chi connectivity index (χ0) is 15.5. The van der Waals surface area contributed by atoms with Gasteiger partial charge in [-0.2, -0.15) is 0 Å². The largest absolute Gasteiger partial charge is 0.496 e. The first-order chi connectivity index (χ1) is 10.7. The molecule has 1 fully saturated rings. The summed E-state index contributed by atoms with van der Waals surface area (Å²) in [5.74, 6) is 0.684. The highest BCUT2D eigenvalue weighted by molar-refractivity contribution is 9.10. The molecule has 0 aromatic heterocycles. The van der Waals surface area contributed by atoms with Crippen molar-refractivity contribution in [2.45, 2.75) is 25.4 Å². The second-order valence-electron chi connectivity index (χ2n) is 5.65. The summed E-state index contributed by atoms with van der Waals surface area (Å²) in [7, 11) is 1.67. The van der Waals surface area contributed by atoms with Crippen LogP contribution in [0.3, 0.4) is 0 Å². The first kappa shape index (κ1) is 15.5. The Morgan fingerprint density at radius 2 is 2.14 bits per heavy atom. The van der Waals surface area contributed by atoms with Gasteiger partial charge in [-0.25, -0.2) is 4.39 Å². The topological polar surface area (TPSA) is 12.5 Å². The molecule has 1 atom stereocenters. The van der Waals surface area contributed by atoms with Crippen molar-refractivity contribution in [3.05, 3.63) is 63.9 Å². The van der Waals surface area contributed by atoms with Gasteiger partial charge in [-0.1, -0.05) is 18.2 Å². The van der Waals surface area contributed by atoms with Crippen LogP contribution in [0.1, 0.15) is 30.0 Å². The lowest BCUT2D eigenvalue weighted by molar-refractivity contribution is 0.248. The van der Waals surface area contributed by atoms with Crippen LogP contribution in [0.15, 0.2) is 46.9 Å². The van der Waals surface area contributed by atoms with Gasteiger partial charge in [0.15, 0.2) is 0 Å². The van der Waals surface area contributed by atoms with Crippen LogP contribution in [0.5, 0.6) is 5.75 Å². The molecule has 22 heavy (non-hydrogen) atoms. The molecule has 0 amide bonds. The lowest BCUT2D eigenvalue weighted by Gasteiger charge is -2.25. The number of hydrogen-bond acceptors (Lipinski definition) is 2. The quantitative estimate of drug-likeness (QED) is 0.763. The van der Waals surface area contributed by atoms with E-state index in [1.807, 2.05) is 12.1 Å². The molecule has 2 nitrogen and oxygen atoms in total. The Kier molecular flexibility index (Phi) is 4.79. The van der Waals surface area contributed by atoms with Crippen molar-refractivity contribution >= 4 is 15.9 Å². The van der Waals surface area contributed by atoms with Crippen LogP contribution < -0.4 is 4.74 Å². The summed E-state index contributed by atoms with van der Waals surface area (Å²) in [5, 5.41) is 0. The predicted octanol–water partition coefficient (Wildman–Crippen LogP) is 4.93. The van der Waals surface area contributed by atoms with Gasteiger partial charge in [0.05, 0.1) is 11.6 Å². The molecule has 0 unspecified atom stereocenters. The predicted molar refractivity (Wildman–Crippen MR) is 89.5 cm³/mol. The van der Waals surface area contributed by atoms with Gasteiger partial charge in [-0.05, 0) is 70.7 Å². The van der Waals surface area contributed by atoms with Gasteiger partial charge in [-0.3, -0.25) is 4.90 Å². The summed E-state index contributed by atoms with van der Waals surface area (Å²) < 4.78 is 19.7. The van der Waals surface area contributed by atoms with E-state index in [1.165, 1.54) is 11.6 Å². The monoisotopic (exact) mass is 363 g/mol. The molecule has 2 aromatic rings. The Hall–Kier alpha value is -1.39. The van der Waals surface area contributed by atoms with Crippen LogP contribution >= 0.6 is 15.9 Å². The van der Waals surface area contributed by atoms with Crippen LogP contribution in [0.4, 0.5) is 4.39 Å². The van der Waals surface area contributed by atoms with E-state index in [2.05, 4.69) is 33.0 Å². The van der Waals surface area contributed by atoms with Crippen molar-refractivity contribution in [3.63, 3.8) is 0 Å². The highest BCUT2D eigenvalue weighted by Gasteiger charge is 2.26. The number of likely N-dealkylation sites (tertiary alicyclic amines) is 1. The third-order valence-electron chi connectivity index (χ3n) is 4.20. The van der Waals surface area contributed by atoms with Gasteiger partial charge < -0.3 is 4.74 Å². The van der Waals surface area contributed by atoms with Crippen molar-refractivity contribution < 1.29 is 9.13 Å². The van der Waals surface area contributed by atoms with E-state index in [4.69, 9.17) is 4.74 Å². The van der Waals surface area contributed by atoms with E-state index in [0.717, 1.165) is 41.7 Å². The van der Waals surface area contributed by atoms with Gasteiger partial charge in [0, 0.05) is 12.6 Å². The first-order valence-electron chi connectivity index (χ1n) is 7.49. The molecule has 0 aliphatic carbocycles. The van der Waals surface area contributed by atoms with Gasteiger partial charge in [0.2, 0.25) is 0 Å². The minimum absolute atomic E-state index is 0.156. The molecule has 0 spiro atoms. The zero-order valence-electron chi connectivity index (χ0n) is 12.6. The average Bonchev–Trinajstić information content (AvgIpc) is 2.95. The molecule has 0 N–H and O–H groups in total. The number of benzene rings is 2. The fourth-order valence-electron chi connectivity index (χ4n) is 3.15. The van der Waals surface area contributed by atoms with Gasteiger partial charge in [0.1, 0.15) is 11.6 Å². The van der Waals surface area contributed by atoms with E-state index >= 15 is 0 Å². The number of hydrogen-bond donors (Lipinski definition) is 0. The highest BCUT2D eigenvalue weighted by atomic mass is 79.9. The number of rotatable bonds is 4. The van der Waals surface area contributed by atoms with Gasteiger partial charge in [0.25, 0.3) is 0 Å². The normalized spacial score (nSPS) is 18.6. The molecule has 1 aliphatic heterocycles. The number of nitrogens with zero attached hydrogens (tertiary/aromatic N) is 1. The number of ether oxygens (including phenoxy) is 1. The molecule has 0 saturated carbocycles. The lowest BCUT2D eigenvalue weighted by Crippen LogP contribution is -2.22. The Morgan fingerprint density at radius 3 is 2.86 bits per heavy atom. The van der Waals surface area contributed by atoms with Gasteiger partial charge in [-0.15, -0.1) is 0 Å². The van der Waals surface area contributed by atoms with E-state index in [9.17, 15) is 4.39 Å². The molecule has 4 heteroatoms. The summed E-state index contributed by atoms with van der Waals surface area (Å²) in [5.41, 5.74) is 2.31. The van der Waals surface area contributed by atoms with Crippen molar-refractivity contribution in [1.82, 2.24) is 4.90 Å². The second kappa shape index (κ2) is 6.80. The molecular formula is C18H19BrFNO. The molecule has 1 heterocycles. The Bertz CT molecular complexity index is 661. The van der Waals surface area contributed by atoms with Crippen LogP contribution in [-0.4, -0.2) is 18.6 Å². The smallest absolute Gasteiger partial charge is 0.133 e. The maximum atomic E-state index is 13.5. The first-order valence-corrected chi connectivity index (χ1v) is 8.28. The van der Waals surface area contributed by atoms with Crippen molar-refractivity contribution in [2.75, 3.05) is 13.7 Å². The molecule has 1 aliphatic rings. The minimum atomic E-state index is -0.156. The maximum absolute atomic E-state index is 13.5. The van der Waals surface area contributed by atoms with Crippen LogP contribution in [0, 0.1) is 5.82 Å². The van der Waals surface area contributed by atoms with Crippen LogP contribution in [0.2, 0.25) is 0 Å². The van der Waals surface area contributed by atoms with Crippen LogP contribution in [-0.2, 0) is 6.54 Å². The molecule has 0 bridgehead atoms. The molecule has 1 saturated heterocycles. The standard InChI is InChI=1S/C18H19BrFNO/c1-22-18-8-7-13(10-16(18)19)12-21-9-3-6-17(21)14-4-2-5-15(20)11-14/h2,4-5,7-8,10-11,17H,3,6,9,12H2,1H3/t17-/m0/s1. The number of methoxy groups -OCH3 is 1. The van der Waals surface area contributed by atoms with E-state index in [1.54, 1.807) is 19.2 Å². The molecule has 0 radical (unpaired) electrons. The van der Waals surface area contributed by atoms with Crippen molar-refractivity contribution in [3.8, 4) is 5.75 Å². The SMILES string of the molecule is COc1ccc(CN2CCC[C@H]2c2cccc(F)c2)cc1Br. The summed E-state index contributed by atoms with van der Waals surface area (Å²) in [6.45, 7) is 1.91. The Morgan fingerprint density at radius 1 is 1.27 bits per heavy atom. The molecule has 116 valence electrons. The van der Waals surface area contributed by atoms with Crippen molar-refractivity contribution in [1.29, 1.82) is 0 Å². The zero-order valence-corrected chi connectivity index (χ0v) is 14.1. The number of halogens is 2.